The smallest absolute Gasteiger partial charge is 0.354 e. The van der Waals surface area contributed by atoms with Gasteiger partial charge in [0.2, 0.25) is 0 Å². The molecule has 1 N–H and O–H groups in total. The van der Waals surface area contributed by atoms with Crippen LogP contribution in [0.4, 0.5) is 36.4 Å². The first-order chi connectivity index (χ1) is 13.8. The number of carbonyl (C=O) groups excluding carboxylic acids is 1. The molecule has 0 fully saturated rings. The summed E-state index contributed by atoms with van der Waals surface area (Å²) in [7, 11) is 0. The van der Waals surface area contributed by atoms with Crippen molar-refractivity contribution < 1.29 is 35.5 Å². The predicted octanol–water partition coefficient (Wildman–Crippen LogP) is 5.74. The molecule has 2 aromatic rings. The summed E-state index contributed by atoms with van der Waals surface area (Å²) in [6.07, 6.45) is -6.70. The van der Waals surface area contributed by atoms with Gasteiger partial charge in [0.15, 0.2) is 0 Å². The van der Waals surface area contributed by atoms with Crippen LogP contribution in [0.15, 0.2) is 60.2 Å². The largest absolute Gasteiger partial charge is 0.460 e. The molecule has 0 aliphatic rings. The number of nitriles is 1. The van der Waals surface area contributed by atoms with Gasteiger partial charge >= 0.3 is 18.0 Å². The Morgan fingerprint density at radius 3 is 1.90 bits per heavy atom. The van der Waals surface area contributed by atoms with E-state index in [2.05, 4.69) is 5.32 Å². The monoisotopic (exact) mass is 430 g/mol. The summed E-state index contributed by atoms with van der Waals surface area (Å²) < 4.78 is 92.0. The van der Waals surface area contributed by atoms with E-state index in [0.717, 1.165) is 11.6 Å². The van der Waals surface area contributed by atoms with Gasteiger partial charge in [-0.05, 0) is 24.6 Å². The van der Waals surface area contributed by atoms with Gasteiger partial charge in [0.1, 0.15) is 11.6 Å². The first-order valence-electron chi connectivity index (χ1n) is 8.23. The lowest BCUT2D eigenvalue weighted by molar-refractivity contribution is -0.342. The topological polar surface area (TPSA) is 52.9 Å². The number of hydrogen-bond acceptors (Lipinski definition) is 3. The number of ketones is 1. The van der Waals surface area contributed by atoms with Gasteiger partial charge in [0.25, 0.3) is 5.78 Å². The highest BCUT2D eigenvalue weighted by Gasteiger charge is 2.76. The van der Waals surface area contributed by atoms with Crippen molar-refractivity contribution in [3.63, 3.8) is 0 Å². The zero-order valence-electron chi connectivity index (χ0n) is 15.2. The Kier molecular flexibility index (Phi) is 6.25. The normalized spacial score (nSPS) is 13.3. The number of rotatable bonds is 6. The fraction of sp³-hybridized carbons (Fsp3) is 0.200. The van der Waals surface area contributed by atoms with E-state index >= 15 is 0 Å². The number of halogens is 7. The predicted molar refractivity (Wildman–Crippen MR) is 94.7 cm³/mol. The SMILES string of the molecule is Cc1ccc(N/C(=C(/C#N)C(=O)C(F)(F)C(F)(F)C(F)(F)F)c2ccccc2)cc1. The molecule has 0 aromatic heterocycles. The highest BCUT2D eigenvalue weighted by molar-refractivity contribution is 6.11. The molecule has 0 aliphatic heterocycles. The van der Waals surface area contributed by atoms with Gasteiger partial charge in [-0.15, -0.1) is 0 Å². The van der Waals surface area contributed by atoms with Crippen LogP contribution >= 0.6 is 0 Å². The van der Waals surface area contributed by atoms with E-state index in [4.69, 9.17) is 0 Å². The molecule has 0 radical (unpaired) electrons. The molecular formula is C20H13F7N2O. The molecule has 158 valence electrons. The molecule has 2 rings (SSSR count). The maximum Gasteiger partial charge on any atom is 0.460 e. The summed E-state index contributed by atoms with van der Waals surface area (Å²) in [6.45, 7) is 1.74. The second-order valence-electron chi connectivity index (χ2n) is 6.19. The average Bonchev–Trinajstić information content (AvgIpc) is 2.68. The first-order valence-corrected chi connectivity index (χ1v) is 8.23. The number of nitrogens with zero attached hydrogens (tertiary/aromatic N) is 1. The lowest BCUT2D eigenvalue weighted by Gasteiger charge is -2.27. The minimum atomic E-state index is -6.70. The number of carbonyl (C=O) groups is 1. The highest BCUT2D eigenvalue weighted by Crippen LogP contribution is 2.48. The third-order valence-corrected chi connectivity index (χ3v) is 4.01. The maximum absolute atomic E-state index is 14.0. The van der Waals surface area contributed by atoms with Gasteiger partial charge in [-0.25, -0.2) is 0 Å². The van der Waals surface area contributed by atoms with Crippen LogP contribution in [-0.2, 0) is 4.79 Å². The Hall–Kier alpha value is -3.35. The van der Waals surface area contributed by atoms with E-state index < -0.39 is 35.1 Å². The van der Waals surface area contributed by atoms with Gasteiger partial charge in [0.05, 0.1) is 5.70 Å². The minimum Gasteiger partial charge on any atom is -0.354 e. The van der Waals surface area contributed by atoms with E-state index in [0.29, 0.717) is 0 Å². The first kappa shape index (κ1) is 22.9. The van der Waals surface area contributed by atoms with Crippen LogP contribution in [0, 0.1) is 18.3 Å². The quantitative estimate of drug-likeness (QED) is 0.361. The molecule has 10 heteroatoms. The zero-order chi connectivity index (χ0) is 22.7. The summed E-state index contributed by atoms with van der Waals surface area (Å²) in [5, 5.41) is 11.7. The molecule has 2 aromatic carbocycles. The van der Waals surface area contributed by atoms with E-state index in [1.807, 2.05) is 0 Å². The van der Waals surface area contributed by atoms with Gasteiger partial charge in [-0.1, -0.05) is 48.0 Å². The van der Waals surface area contributed by atoms with Gasteiger partial charge in [-0.2, -0.15) is 36.0 Å². The number of anilines is 1. The van der Waals surface area contributed by atoms with Crippen LogP contribution in [0.3, 0.4) is 0 Å². The molecule has 0 atom stereocenters. The van der Waals surface area contributed by atoms with E-state index in [9.17, 15) is 40.8 Å². The van der Waals surface area contributed by atoms with Gasteiger partial charge < -0.3 is 5.32 Å². The molecule has 0 heterocycles. The van der Waals surface area contributed by atoms with Crippen molar-refractivity contribution in [3.05, 3.63) is 71.3 Å². The van der Waals surface area contributed by atoms with E-state index in [1.165, 1.54) is 42.5 Å². The summed E-state index contributed by atoms with van der Waals surface area (Å²) >= 11 is 0. The van der Waals surface area contributed by atoms with Crippen molar-refractivity contribution in [2.75, 3.05) is 5.32 Å². The second-order valence-corrected chi connectivity index (χ2v) is 6.19. The van der Waals surface area contributed by atoms with Gasteiger partial charge in [-0.3, -0.25) is 4.79 Å². The van der Waals surface area contributed by atoms with Crippen molar-refractivity contribution >= 4 is 17.2 Å². The third kappa shape index (κ3) is 4.30. The fourth-order valence-corrected chi connectivity index (χ4v) is 2.36. The molecular weight excluding hydrogens is 417 g/mol. The molecule has 0 spiro atoms. The molecule has 0 saturated carbocycles. The van der Waals surface area contributed by atoms with Crippen LogP contribution in [0.1, 0.15) is 11.1 Å². The van der Waals surface area contributed by atoms with Crippen molar-refractivity contribution in [1.82, 2.24) is 0 Å². The standard InChI is InChI=1S/C20H13F7N2O/c1-12-7-9-14(10-8-12)29-16(13-5-3-2-4-6-13)15(11-28)17(30)18(21,22)19(23,24)20(25,26)27/h2-10,29H,1H3/b16-15-. The van der Waals surface area contributed by atoms with E-state index in [-0.39, 0.29) is 11.3 Å². The molecule has 30 heavy (non-hydrogen) atoms. The second kappa shape index (κ2) is 8.18. The van der Waals surface area contributed by atoms with Crippen molar-refractivity contribution in [3.8, 4) is 6.07 Å². The Balaban J connectivity index is 2.67. The van der Waals surface area contributed by atoms with Crippen molar-refractivity contribution in [1.29, 1.82) is 5.26 Å². The molecule has 0 amide bonds. The Bertz CT molecular complexity index is 989. The zero-order valence-corrected chi connectivity index (χ0v) is 15.2. The molecule has 0 saturated heterocycles. The van der Waals surface area contributed by atoms with Crippen LogP contribution in [0.5, 0.6) is 0 Å². The Labute approximate surface area is 166 Å². The molecule has 0 unspecified atom stereocenters. The number of alkyl halides is 7. The molecule has 0 bridgehead atoms. The molecule has 0 aliphatic carbocycles. The summed E-state index contributed by atoms with van der Waals surface area (Å²) in [6, 6.07) is 13.9. The van der Waals surface area contributed by atoms with E-state index in [1.54, 1.807) is 19.1 Å². The fourth-order valence-electron chi connectivity index (χ4n) is 2.36. The third-order valence-electron chi connectivity index (χ3n) is 4.01. The summed E-state index contributed by atoms with van der Waals surface area (Å²) in [4.78, 5) is 12.1. The number of benzene rings is 2. The number of hydrogen-bond donors (Lipinski definition) is 1. The van der Waals surface area contributed by atoms with Crippen molar-refractivity contribution in [2.45, 2.75) is 24.9 Å². The number of allylic oxidation sites excluding steroid dienone is 1. The van der Waals surface area contributed by atoms with Crippen LogP contribution < -0.4 is 5.32 Å². The Morgan fingerprint density at radius 2 is 1.43 bits per heavy atom. The number of Topliss-reactive ketones (excluding diaryl/α,β-unsaturated/α-hetero) is 1. The highest BCUT2D eigenvalue weighted by atomic mass is 19.4. The van der Waals surface area contributed by atoms with Crippen molar-refractivity contribution in [2.24, 2.45) is 0 Å². The maximum atomic E-state index is 14.0. The molecule has 3 nitrogen and oxygen atoms in total. The van der Waals surface area contributed by atoms with Gasteiger partial charge in [0, 0.05) is 5.69 Å². The Morgan fingerprint density at radius 1 is 0.900 bits per heavy atom. The summed E-state index contributed by atoms with van der Waals surface area (Å²) in [5.74, 6) is -15.8. The number of aryl methyl sites for hydroxylation is 1. The lowest BCUT2D eigenvalue weighted by atomic mass is 9.96. The minimum absolute atomic E-state index is 0.0471. The average molecular weight is 430 g/mol. The van der Waals surface area contributed by atoms with Crippen LogP contribution in [0.25, 0.3) is 5.70 Å². The van der Waals surface area contributed by atoms with Crippen LogP contribution in [0.2, 0.25) is 0 Å². The summed E-state index contributed by atoms with van der Waals surface area (Å²) in [5.41, 5.74) is -1.26. The van der Waals surface area contributed by atoms with Crippen LogP contribution in [-0.4, -0.2) is 23.8 Å². The number of nitrogens with one attached hydrogen (secondary N) is 1. The lowest BCUT2D eigenvalue weighted by Crippen LogP contribution is -2.56.